The van der Waals surface area contributed by atoms with E-state index in [9.17, 15) is 4.79 Å². The topological polar surface area (TPSA) is 49.3 Å². The third kappa shape index (κ3) is 1.97. The minimum absolute atomic E-state index is 0. The zero-order valence-corrected chi connectivity index (χ0v) is 8.35. The van der Waals surface area contributed by atoms with Gasteiger partial charge in [0.25, 0.3) is 0 Å². The highest BCUT2D eigenvalue weighted by Gasteiger charge is 2.40. The van der Waals surface area contributed by atoms with Gasteiger partial charge in [0.1, 0.15) is 6.04 Å². The van der Waals surface area contributed by atoms with E-state index in [1.54, 1.807) is 0 Å². The Labute approximate surface area is 84.3 Å². The Hall–Kier alpha value is -0.280. The highest BCUT2D eigenvalue weighted by atomic mass is 35.5. The maximum atomic E-state index is 10.8. The molecule has 2 fully saturated rings. The Morgan fingerprint density at radius 3 is 2.69 bits per heavy atom. The van der Waals surface area contributed by atoms with Crippen molar-refractivity contribution in [3.63, 3.8) is 0 Å². The van der Waals surface area contributed by atoms with Gasteiger partial charge in [-0.1, -0.05) is 12.8 Å². The van der Waals surface area contributed by atoms with Crippen LogP contribution in [0.15, 0.2) is 0 Å². The van der Waals surface area contributed by atoms with Gasteiger partial charge >= 0.3 is 5.97 Å². The molecule has 4 heteroatoms. The fourth-order valence-corrected chi connectivity index (χ4v) is 2.63. The molecule has 0 amide bonds. The van der Waals surface area contributed by atoms with E-state index in [0.29, 0.717) is 11.8 Å². The molecular formula is C9H16ClNO2. The van der Waals surface area contributed by atoms with E-state index in [1.165, 1.54) is 19.3 Å². The fourth-order valence-electron chi connectivity index (χ4n) is 2.63. The average Bonchev–Trinajstić information content (AvgIpc) is 2.47. The molecule has 0 aromatic carbocycles. The molecule has 1 aliphatic heterocycles. The highest BCUT2D eigenvalue weighted by Crippen LogP contribution is 2.35. The first-order valence-corrected chi connectivity index (χ1v) is 4.75. The lowest BCUT2D eigenvalue weighted by molar-refractivity contribution is -0.140. The molecule has 1 saturated carbocycles. The maximum absolute atomic E-state index is 10.8. The van der Waals surface area contributed by atoms with Crippen LogP contribution < -0.4 is 5.32 Å². The number of nitrogens with one attached hydrogen (secondary N) is 1. The molecule has 0 unspecified atom stereocenters. The second-order valence-electron chi connectivity index (χ2n) is 3.93. The predicted octanol–water partition coefficient (Wildman–Crippen LogP) is 1.27. The van der Waals surface area contributed by atoms with Crippen molar-refractivity contribution >= 4 is 18.4 Å². The quantitative estimate of drug-likeness (QED) is 0.678. The van der Waals surface area contributed by atoms with Crippen LogP contribution in [0.4, 0.5) is 0 Å². The molecule has 2 N–H and O–H groups in total. The number of rotatable bonds is 1. The average molecular weight is 206 g/mol. The first-order valence-electron chi connectivity index (χ1n) is 4.75. The van der Waals surface area contributed by atoms with Crippen LogP contribution in [0.25, 0.3) is 0 Å². The molecular weight excluding hydrogens is 190 g/mol. The zero-order chi connectivity index (χ0) is 8.55. The van der Waals surface area contributed by atoms with E-state index in [-0.39, 0.29) is 18.4 Å². The molecule has 1 heterocycles. The number of hydrogen-bond donors (Lipinski definition) is 2. The molecule has 3 nitrogen and oxygen atoms in total. The highest BCUT2D eigenvalue weighted by molar-refractivity contribution is 5.85. The summed E-state index contributed by atoms with van der Waals surface area (Å²) in [4.78, 5) is 10.8. The Morgan fingerprint density at radius 1 is 1.31 bits per heavy atom. The van der Waals surface area contributed by atoms with Crippen LogP contribution >= 0.6 is 12.4 Å². The molecule has 0 bridgehead atoms. The van der Waals surface area contributed by atoms with Crippen molar-refractivity contribution in [2.75, 3.05) is 6.54 Å². The van der Waals surface area contributed by atoms with Gasteiger partial charge in [0.05, 0.1) is 0 Å². The summed E-state index contributed by atoms with van der Waals surface area (Å²) in [5.41, 5.74) is 0. The van der Waals surface area contributed by atoms with Gasteiger partial charge in [0.15, 0.2) is 0 Å². The minimum Gasteiger partial charge on any atom is -0.480 e. The molecule has 0 spiro atoms. The van der Waals surface area contributed by atoms with Gasteiger partial charge in [-0.15, -0.1) is 12.4 Å². The van der Waals surface area contributed by atoms with E-state index < -0.39 is 5.97 Å². The number of carboxylic acid groups (broad SMARTS) is 1. The van der Waals surface area contributed by atoms with Gasteiger partial charge in [0, 0.05) is 0 Å². The van der Waals surface area contributed by atoms with Gasteiger partial charge in [-0.05, 0) is 31.2 Å². The number of aliphatic carboxylic acids is 1. The molecule has 0 aromatic heterocycles. The maximum Gasteiger partial charge on any atom is 0.320 e. The van der Waals surface area contributed by atoms with Crippen LogP contribution in [-0.2, 0) is 4.79 Å². The van der Waals surface area contributed by atoms with Gasteiger partial charge in [-0.3, -0.25) is 4.79 Å². The van der Waals surface area contributed by atoms with Crippen LogP contribution in [0, 0.1) is 11.8 Å². The van der Waals surface area contributed by atoms with Crippen molar-refractivity contribution in [1.29, 1.82) is 0 Å². The first-order chi connectivity index (χ1) is 5.79. The van der Waals surface area contributed by atoms with E-state index in [0.717, 1.165) is 13.0 Å². The summed E-state index contributed by atoms with van der Waals surface area (Å²) in [6.45, 7) is 0.918. The molecule has 2 aliphatic rings. The van der Waals surface area contributed by atoms with E-state index in [1.807, 2.05) is 0 Å². The predicted molar refractivity (Wildman–Crippen MR) is 52.1 cm³/mol. The van der Waals surface area contributed by atoms with Crippen molar-refractivity contribution in [1.82, 2.24) is 5.32 Å². The normalized spacial score (nSPS) is 37.7. The molecule has 3 atom stereocenters. The van der Waals surface area contributed by atoms with E-state index >= 15 is 0 Å². The summed E-state index contributed by atoms with van der Waals surface area (Å²) in [6, 6.07) is -0.254. The summed E-state index contributed by atoms with van der Waals surface area (Å²) in [5, 5.41) is 12.0. The second-order valence-corrected chi connectivity index (χ2v) is 3.93. The smallest absolute Gasteiger partial charge is 0.320 e. The number of carboxylic acids is 1. The first kappa shape index (κ1) is 10.8. The van der Waals surface area contributed by atoms with Crippen LogP contribution in [0.2, 0.25) is 0 Å². The lowest BCUT2D eigenvalue weighted by Crippen LogP contribution is -2.36. The van der Waals surface area contributed by atoms with Crippen LogP contribution in [0.1, 0.15) is 25.7 Å². The van der Waals surface area contributed by atoms with Crippen molar-refractivity contribution in [2.24, 2.45) is 11.8 Å². The zero-order valence-electron chi connectivity index (χ0n) is 7.53. The van der Waals surface area contributed by atoms with E-state index in [4.69, 9.17) is 5.11 Å². The van der Waals surface area contributed by atoms with Gasteiger partial charge in [0.2, 0.25) is 0 Å². The third-order valence-electron chi connectivity index (χ3n) is 3.26. The molecule has 76 valence electrons. The summed E-state index contributed by atoms with van der Waals surface area (Å²) in [5.74, 6) is 0.389. The number of halogens is 1. The third-order valence-corrected chi connectivity index (χ3v) is 3.26. The Morgan fingerprint density at radius 2 is 2.00 bits per heavy atom. The minimum atomic E-state index is -0.663. The number of carbonyl (C=O) groups is 1. The molecule has 1 saturated heterocycles. The number of hydrogen-bond acceptors (Lipinski definition) is 2. The van der Waals surface area contributed by atoms with Crippen LogP contribution in [-0.4, -0.2) is 23.7 Å². The molecule has 0 aromatic rings. The van der Waals surface area contributed by atoms with Crippen molar-refractivity contribution in [3.8, 4) is 0 Å². The van der Waals surface area contributed by atoms with Crippen molar-refractivity contribution in [2.45, 2.75) is 31.7 Å². The van der Waals surface area contributed by atoms with E-state index in [2.05, 4.69) is 5.32 Å². The SMILES string of the molecule is Cl.O=C(O)[C@@H]1NC[C@H]2CCCC[C@H]21. The van der Waals surface area contributed by atoms with Crippen LogP contribution in [0.3, 0.4) is 0 Å². The van der Waals surface area contributed by atoms with Crippen molar-refractivity contribution in [3.05, 3.63) is 0 Å². The second kappa shape index (κ2) is 4.29. The lowest BCUT2D eigenvalue weighted by atomic mass is 9.78. The summed E-state index contributed by atoms with van der Waals surface area (Å²) in [6.07, 6.45) is 4.83. The largest absolute Gasteiger partial charge is 0.480 e. The molecule has 13 heavy (non-hydrogen) atoms. The Kier molecular flexibility index (Phi) is 3.56. The van der Waals surface area contributed by atoms with Crippen molar-refractivity contribution < 1.29 is 9.90 Å². The molecule has 2 rings (SSSR count). The lowest BCUT2D eigenvalue weighted by Gasteiger charge is -2.26. The monoisotopic (exact) mass is 205 g/mol. The number of fused-ring (bicyclic) bond motifs is 1. The van der Waals surface area contributed by atoms with Gasteiger partial charge in [-0.25, -0.2) is 0 Å². The summed E-state index contributed by atoms with van der Waals surface area (Å²) < 4.78 is 0. The fraction of sp³-hybridized carbons (Fsp3) is 0.889. The Balaban J connectivity index is 0.000000845. The Bertz CT molecular complexity index is 198. The summed E-state index contributed by atoms with van der Waals surface area (Å²) in [7, 11) is 0. The standard InChI is InChI=1S/C9H15NO2.ClH/c11-9(12)8-7-4-2-1-3-6(7)5-10-8;/h6-8,10H,1-5H2,(H,11,12);1H/t6-,7-,8-;/m1./s1. The van der Waals surface area contributed by atoms with Crippen LogP contribution in [0.5, 0.6) is 0 Å². The van der Waals surface area contributed by atoms with Gasteiger partial charge < -0.3 is 10.4 Å². The molecule has 1 aliphatic carbocycles. The van der Waals surface area contributed by atoms with Gasteiger partial charge in [-0.2, -0.15) is 0 Å². The molecule has 0 radical (unpaired) electrons. The summed E-state index contributed by atoms with van der Waals surface area (Å²) >= 11 is 0.